The van der Waals surface area contributed by atoms with Gasteiger partial charge in [-0.25, -0.2) is 9.18 Å². The molecule has 0 bridgehead atoms. The van der Waals surface area contributed by atoms with E-state index in [1.54, 1.807) is 43.0 Å². The van der Waals surface area contributed by atoms with Crippen molar-refractivity contribution in [1.82, 2.24) is 25.5 Å². The molecule has 3 aromatic rings. The van der Waals surface area contributed by atoms with Crippen molar-refractivity contribution in [1.29, 1.82) is 0 Å². The molecule has 8 nitrogen and oxygen atoms in total. The van der Waals surface area contributed by atoms with Gasteiger partial charge in [-0.3, -0.25) is 0 Å². The first-order valence-corrected chi connectivity index (χ1v) is 10.1. The lowest BCUT2D eigenvalue weighted by Crippen LogP contribution is -2.37. The number of halogens is 2. The molecule has 0 aliphatic heterocycles. The molecule has 31 heavy (non-hydrogen) atoms. The van der Waals surface area contributed by atoms with Crippen molar-refractivity contribution in [3.05, 3.63) is 53.1 Å². The Bertz CT molecular complexity index is 1060. The quantitative estimate of drug-likeness (QED) is 0.556. The van der Waals surface area contributed by atoms with E-state index in [2.05, 4.69) is 20.8 Å². The lowest BCUT2D eigenvalue weighted by Gasteiger charge is -2.15. The summed E-state index contributed by atoms with van der Waals surface area (Å²) < 4.78 is 25.6. The van der Waals surface area contributed by atoms with Crippen molar-refractivity contribution < 1.29 is 18.7 Å². The summed E-state index contributed by atoms with van der Waals surface area (Å²) in [4.78, 5) is 12.3. The largest absolute Gasteiger partial charge is 0.412 e. The lowest BCUT2D eigenvalue weighted by atomic mass is 10.0. The number of carbonyl (C=O) groups excluding carboxylic acids is 1. The molecule has 0 aliphatic rings. The second-order valence-corrected chi connectivity index (χ2v) is 7.39. The zero-order valence-corrected chi connectivity index (χ0v) is 18.2. The van der Waals surface area contributed by atoms with Gasteiger partial charge < -0.3 is 14.8 Å². The van der Waals surface area contributed by atoms with Crippen LogP contribution in [0.1, 0.15) is 26.1 Å². The molecule has 1 heterocycles. The average molecular weight is 448 g/mol. The van der Waals surface area contributed by atoms with Crippen molar-refractivity contribution in [2.75, 3.05) is 13.7 Å². The zero-order valence-electron chi connectivity index (χ0n) is 17.4. The molecule has 0 saturated heterocycles. The normalized spacial score (nSPS) is 11.9. The van der Waals surface area contributed by atoms with Crippen LogP contribution >= 0.6 is 11.6 Å². The van der Waals surface area contributed by atoms with Crippen LogP contribution in [0.2, 0.25) is 5.02 Å². The molecule has 2 aromatic carbocycles. The number of aryl methyl sites for hydroxylation is 1. The van der Waals surface area contributed by atoms with Gasteiger partial charge in [0.1, 0.15) is 11.6 Å². The summed E-state index contributed by atoms with van der Waals surface area (Å²) in [5, 5.41) is 14.8. The second-order valence-electron chi connectivity index (χ2n) is 6.99. The van der Waals surface area contributed by atoms with Crippen molar-refractivity contribution in [3.63, 3.8) is 0 Å². The van der Waals surface area contributed by atoms with Crippen LogP contribution in [0.15, 0.2) is 36.4 Å². The first-order valence-electron chi connectivity index (χ1n) is 9.76. The molecule has 1 aromatic heterocycles. The van der Waals surface area contributed by atoms with Crippen LogP contribution in [0.25, 0.3) is 16.8 Å². The number of nitrogens with one attached hydrogen (secondary N) is 1. The van der Waals surface area contributed by atoms with Gasteiger partial charge in [-0.05, 0) is 59.7 Å². The van der Waals surface area contributed by atoms with Crippen molar-refractivity contribution in [2.24, 2.45) is 0 Å². The van der Waals surface area contributed by atoms with Gasteiger partial charge in [0.25, 0.3) is 0 Å². The second kappa shape index (κ2) is 10.3. The van der Waals surface area contributed by atoms with E-state index in [4.69, 9.17) is 21.1 Å². The van der Waals surface area contributed by atoms with Gasteiger partial charge in [-0.15, -0.1) is 5.10 Å². The number of aromatic nitrogens is 4. The van der Waals surface area contributed by atoms with Gasteiger partial charge in [0.05, 0.1) is 23.4 Å². The Morgan fingerprint density at radius 3 is 2.81 bits per heavy atom. The SMILES string of the molecule is CCCc1nnnn1-c1cc(OC(=O)NC(C)COC)cc(-c2ccc(F)cc2Cl)c1. The molecule has 1 atom stereocenters. The van der Waals surface area contributed by atoms with E-state index in [1.165, 1.54) is 12.1 Å². The van der Waals surface area contributed by atoms with E-state index in [0.717, 1.165) is 6.42 Å². The van der Waals surface area contributed by atoms with Crippen LogP contribution in [0.4, 0.5) is 9.18 Å². The molecule has 3 rings (SSSR count). The highest BCUT2D eigenvalue weighted by Gasteiger charge is 2.16. The number of amides is 1. The molecule has 0 fully saturated rings. The van der Waals surface area contributed by atoms with Crippen molar-refractivity contribution in [2.45, 2.75) is 32.7 Å². The molecule has 0 spiro atoms. The molecule has 1 amide bonds. The summed E-state index contributed by atoms with van der Waals surface area (Å²) >= 11 is 6.26. The summed E-state index contributed by atoms with van der Waals surface area (Å²) in [7, 11) is 1.55. The lowest BCUT2D eigenvalue weighted by molar-refractivity contribution is 0.159. The summed E-state index contributed by atoms with van der Waals surface area (Å²) in [6.45, 7) is 4.16. The number of benzene rings is 2. The molecule has 1 N–H and O–H groups in total. The summed E-state index contributed by atoms with van der Waals surface area (Å²) in [5.41, 5.74) is 1.78. The Morgan fingerprint density at radius 2 is 2.10 bits per heavy atom. The smallest absolute Gasteiger partial charge is 0.410 e. The highest BCUT2D eigenvalue weighted by atomic mass is 35.5. The number of methoxy groups -OCH3 is 1. The number of hydrogen-bond acceptors (Lipinski definition) is 6. The molecule has 0 saturated carbocycles. The third kappa shape index (κ3) is 5.77. The Morgan fingerprint density at radius 1 is 1.29 bits per heavy atom. The van der Waals surface area contributed by atoms with Crippen LogP contribution in [0.3, 0.4) is 0 Å². The summed E-state index contributed by atoms with van der Waals surface area (Å²) in [6.07, 6.45) is 0.885. The summed E-state index contributed by atoms with van der Waals surface area (Å²) in [5.74, 6) is 0.473. The number of tetrazole rings is 1. The van der Waals surface area contributed by atoms with Crippen LogP contribution in [-0.4, -0.2) is 46.1 Å². The van der Waals surface area contributed by atoms with E-state index < -0.39 is 11.9 Å². The maximum Gasteiger partial charge on any atom is 0.412 e. The Labute approximate surface area is 184 Å². The van der Waals surface area contributed by atoms with E-state index in [-0.39, 0.29) is 16.8 Å². The predicted molar refractivity (Wildman–Crippen MR) is 114 cm³/mol. The van der Waals surface area contributed by atoms with Crippen LogP contribution in [0, 0.1) is 5.82 Å². The zero-order chi connectivity index (χ0) is 22.4. The first-order chi connectivity index (χ1) is 14.9. The van der Waals surface area contributed by atoms with Gasteiger partial charge in [0, 0.05) is 25.2 Å². The van der Waals surface area contributed by atoms with Gasteiger partial charge in [0.15, 0.2) is 5.82 Å². The topological polar surface area (TPSA) is 91.2 Å². The van der Waals surface area contributed by atoms with Crippen LogP contribution in [0.5, 0.6) is 5.75 Å². The predicted octanol–water partition coefficient (Wildman–Crippen LogP) is 4.20. The van der Waals surface area contributed by atoms with Crippen LogP contribution in [-0.2, 0) is 11.2 Å². The van der Waals surface area contributed by atoms with Gasteiger partial charge in [-0.2, -0.15) is 4.68 Å². The van der Waals surface area contributed by atoms with E-state index in [1.807, 2.05) is 6.92 Å². The maximum absolute atomic E-state index is 13.5. The van der Waals surface area contributed by atoms with Gasteiger partial charge in [-0.1, -0.05) is 18.5 Å². The van der Waals surface area contributed by atoms with E-state index in [9.17, 15) is 9.18 Å². The standard InChI is InChI=1S/C21H23ClFN5O3/c1-4-5-20-25-26-27-28(20)16-8-14(18-7-6-15(23)10-19(18)22)9-17(11-16)31-21(29)24-13(2)12-30-3/h6-11,13H,4-5,12H2,1-3H3,(H,24,29). The highest BCUT2D eigenvalue weighted by Crippen LogP contribution is 2.33. The fourth-order valence-electron chi connectivity index (χ4n) is 3.06. The number of hydrogen-bond donors (Lipinski definition) is 1. The van der Waals surface area contributed by atoms with Crippen LogP contribution < -0.4 is 10.1 Å². The van der Waals surface area contributed by atoms with Gasteiger partial charge in [0.2, 0.25) is 0 Å². The third-order valence-electron chi connectivity index (χ3n) is 4.38. The first kappa shape index (κ1) is 22.6. The van der Waals surface area contributed by atoms with Gasteiger partial charge >= 0.3 is 6.09 Å². The summed E-state index contributed by atoms with van der Waals surface area (Å²) in [6, 6.07) is 8.96. The number of nitrogens with zero attached hydrogens (tertiary/aromatic N) is 4. The van der Waals surface area contributed by atoms with Crippen molar-refractivity contribution in [3.8, 4) is 22.6 Å². The molecule has 10 heteroatoms. The minimum Gasteiger partial charge on any atom is -0.410 e. The molecule has 0 radical (unpaired) electrons. The molecular weight excluding hydrogens is 425 g/mol. The monoisotopic (exact) mass is 447 g/mol. The number of carbonyl (C=O) groups is 1. The third-order valence-corrected chi connectivity index (χ3v) is 4.69. The molecule has 164 valence electrons. The van der Waals surface area contributed by atoms with E-state index in [0.29, 0.717) is 35.7 Å². The highest BCUT2D eigenvalue weighted by molar-refractivity contribution is 6.33. The van der Waals surface area contributed by atoms with E-state index >= 15 is 0 Å². The Hall–Kier alpha value is -3.04. The minimum atomic E-state index is -0.636. The molecule has 0 aliphatic carbocycles. The maximum atomic E-state index is 13.5. The average Bonchev–Trinajstić information content (AvgIpc) is 3.16. The fraction of sp³-hybridized carbons (Fsp3) is 0.333. The fourth-order valence-corrected chi connectivity index (χ4v) is 3.34. The molecular formula is C21H23ClFN5O3. The number of ether oxygens (including phenoxy) is 2. The Kier molecular flexibility index (Phi) is 7.54. The molecule has 1 unspecified atom stereocenters. The number of rotatable bonds is 8. The van der Waals surface area contributed by atoms with Crippen molar-refractivity contribution >= 4 is 17.7 Å². The Balaban J connectivity index is 2.01. The minimum absolute atomic E-state index is 0.228.